The van der Waals surface area contributed by atoms with E-state index in [0.717, 1.165) is 16.6 Å². The Balaban J connectivity index is 1.69. The van der Waals surface area contributed by atoms with Gasteiger partial charge in [-0.25, -0.2) is 4.79 Å². The van der Waals surface area contributed by atoms with Gasteiger partial charge in [-0.1, -0.05) is 0 Å². The molecule has 0 aliphatic carbocycles. The van der Waals surface area contributed by atoms with Crippen LogP contribution in [0.1, 0.15) is 19.5 Å². The molecule has 2 aromatic rings. The van der Waals surface area contributed by atoms with E-state index in [0.29, 0.717) is 18.8 Å². The fourth-order valence-corrected chi connectivity index (χ4v) is 3.63. The maximum Gasteiger partial charge on any atom is 0.416 e. The highest BCUT2D eigenvalue weighted by atomic mass is 16.6. The van der Waals surface area contributed by atoms with Crippen LogP contribution in [0, 0.1) is 0 Å². The third-order valence-corrected chi connectivity index (χ3v) is 4.98. The molecule has 26 heavy (non-hydrogen) atoms. The Morgan fingerprint density at radius 2 is 2.00 bits per heavy atom. The molecule has 3 amide bonds. The second kappa shape index (κ2) is 5.76. The number of fused-ring (bicyclic) bond motifs is 3. The number of carbonyl (C=O) groups excluding carboxylic acids is 3. The van der Waals surface area contributed by atoms with Crippen molar-refractivity contribution in [3.05, 3.63) is 30.0 Å². The highest BCUT2D eigenvalue weighted by Gasteiger charge is 2.40. The largest absolute Gasteiger partial charge is 0.423 e. The van der Waals surface area contributed by atoms with Crippen molar-refractivity contribution in [2.24, 2.45) is 0 Å². The predicted molar refractivity (Wildman–Crippen MR) is 94.4 cm³/mol. The summed E-state index contributed by atoms with van der Waals surface area (Å²) >= 11 is 0. The van der Waals surface area contributed by atoms with Crippen molar-refractivity contribution in [1.29, 1.82) is 0 Å². The summed E-state index contributed by atoms with van der Waals surface area (Å²) in [5.41, 5.74) is 2.72. The molecular formula is C18H20N4O4. The SMILES string of the molecule is CC(=O)N[C@H]1OC(=O)N(c2ccc3c(c2)cc2n3CC(=O)N(C)C2)C1C. The molecular weight excluding hydrogens is 336 g/mol. The smallest absolute Gasteiger partial charge is 0.416 e. The summed E-state index contributed by atoms with van der Waals surface area (Å²) in [7, 11) is 1.79. The van der Waals surface area contributed by atoms with Crippen LogP contribution in [0.3, 0.4) is 0 Å². The lowest BCUT2D eigenvalue weighted by atomic mass is 10.2. The first-order valence-corrected chi connectivity index (χ1v) is 8.48. The Hall–Kier alpha value is -3.03. The van der Waals surface area contributed by atoms with E-state index in [1.54, 1.807) is 11.9 Å². The minimum Gasteiger partial charge on any atom is -0.423 e. The molecule has 1 unspecified atom stereocenters. The van der Waals surface area contributed by atoms with Gasteiger partial charge in [0.1, 0.15) is 6.54 Å². The highest BCUT2D eigenvalue weighted by molar-refractivity contribution is 5.95. The molecule has 8 nitrogen and oxygen atoms in total. The van der Waals surface area contributed by atoms with Crippen molar-refractivity contribution in [2.45, 2.75) is 39.2 Å². The van der Waals surface area contributed by atoms with Gasteiger partial charge in [-0.2, -0.15) is 0 Å². The zero-order valence-electron chi connectivity index (χ0n) is 14.9. The minimum absolute atomic E-state index is 0.0777. The van der Waals surface area contributed by atoms with Gasteiger partial charge in [-0.15, -0.1) is 0 Å². The number of benzene rings is 1. The van der Waals surface area contributed by atoms with Gasteiger partial charge in [0, 0.05) is 36.3 Å². The fourth-order valence-electron chi connectivity index (χ4n) is 3.63. The van der Waals surface area contributed by atoms with Gasteiger partial charge in [0.2, 0.25) is 11.8 Å². The minimum atomic E-state index is -0.677. The molecule has 2 aliphatic rings. The maximum atomic E-state index is 12.3. The normalized spacial score (nSPS) is 22.6. The summed E-state index contributed by atoms with van der Waals surface area (Å²) < 4.78 is 7.28. The number of hydrogen-bond donors (Lipinski definition) is 1. The molecule has 8 heteroatoms. The topological polar surface area (TPSA) is 83.9 Å². The molecule has 3 heterocycles. The Morgan fingerprint density at radius 1 is 1.23 bits per heavy atom. The molecule has 136 valence electrons. The van der Waals surface area contributed by atoms with E-state index < -0.39 is 12.3 Å². The van der Waals surface area contributed by atoms with Gasteiger partial charge < -0.3 is 19.5 Å². The van der Waals surface area contributed by atoms with E-state index in [4.69, 9.17) is 4.74 Å². The molecule has 1 aromatic heterocycles. The number of carbonyl (C=O) groups is 3. The van der Waals surface area contributed by atoms with Crippen molar-refractivity contribution < 1.29 is 19.1 Å². The lowest BCUT2D eigenvalue weighted by Gasteiger charge is -2.25. The first-order chi connectivity index (χ1) is 12.3. The van der Waals surface area contributed by atoms with Gasteiger partial charge in [-0.3, -0.25) is 14.5 Å². The summed E-state index contributed by atoms with van der Waals surface area (Å²) in [5, 5.41) is 3.60. The molecule has 0 radical (unpaired) electrons. The van der Waals surface area contributed by atoms with Crippen LogP contribution in [0.5, 0.6) is 0 Å². The molecule has 2 atom stereocenters. The van der Waals surface area contributed by atoms with E-state index in [1.807, 2.05) is 35.8 Å². The number of likely N-dealkylation sites (N-methyl/N-ethyl adjacent to an activating group) is 1. The van der Waals surface area contributed by atoms with Crippen LogP contribution in [0.4, 0.5) is 10.5 Å². The standard InChI is InChI=1S/C18H20N4O4/c1-10-17(19-11(2)23)26-18(25)22(10)13-4-5-15-12(6-13)7-14-8-20(3)16(24)9-21(14)15/h4-7,10,17H,8-9H2,1-3H3,(H,19,23)/t10?,17-/m0/s1. The molecule has 1 saturated heterocycles. The van der Waals surface area contributed by atoms with Crippen LogP contribution in [-0.4, -0.2) is 46.7 Å². The molecule has 0 bridgehead atoms. The van der Waals surface area contributed by atoms with E-state index in [-0.39, 0.29) is 17.9 Å². The molecule has 4 rings (SSSR count). The number of amides is 3. The summed E-state index contributed by atoms with van der Waals surface area (Å²) in [6.07, 6.45) is -1.17. The maximum absolute atomic E-state index is 12.3. The predicted octanol–water partition coefficient (Wildman–Crippen LogP) is 1.42. The zero-order valence-corrected chi connectivity index (χ0v) is 14.9. The number of ether oxygens (including phenoxy) is 1. The third-order valence-electron chi connectivity index (χ3n) is 4.98. The van der Waals surface area contributed by atoms with Gasteiger partial charge in [0.25, 0.3) is 0 Å². The van der Waals surface area contributed by atoms with Crippen molar-refractivity contribution in [1.82, 2.24) is 14.8 Å². The number of rotatable bonds is 2. The summed E-state index contributed by atoms with van der Waals surface area (Å²) in [6, 6.07) is 7.39. The van der Waals surface area contributed by atoms with Crippen LogP contribution in [0.2, 0.25) is 0 Å². The molecule has 1 N–H and O–H groups in total. The Labute approximate surface area is 150 Å². The number of hydrogen-bond acceptors (Lipinski definition) is 4. The first-order valence-electron chi connectivity index (χ1n) is 8.48. The number of aromatic nitrogens is 1. The van der Waals surface area contributed by atoms with Gasteiger partial charge in [-0.05, 0) is 31.2 Å². The molecule has 0 spiro atoms. The Bertz CT molecular complexity index is 935. The summed E-state index contributed by atoms with van der Waals surface area (Å²) in [6.45, 7) is 4.10. The van der Waals surface area contributed by atoms with Crippen LogP contribution < -0.4 is 10.2 Å². The molecule has 1 fully saturated rings. The summed E-state index contributed by atoms with van der Waals surface area (Å²) in [5.74, 6) is -0.171. The average Bonchev–Trinajstić information content (AvgIpc) is 3.04. The number of cyclic esters (lactones) is 1. The van der Waals surface area contributed by atoms with Crippen molar-refractivity contribution in [3.63, 3.8) is 0 Å². The third kappa shape index (κ3) is 2.49. The van der Waals surface area contributed by atoms with E-state index in [9.17, 15) is 14.4 Å². The van der Waals surface area contributed by atoms with Crippen LogP contribution in [0.25, 0.3) is 10.9 Å². The van der Waals surface area contributed by atoms with Crippen LogP contribution in [-0.2, 0) is 27.4 Å². The lowest BCUT2D eigenvalue weighted by Crippen LogP contribution is -2.43. The highest BCUT2D eigenvalue weighted by Crippen LogP contribution is 2.31. The monoisotopic (exact) mass is 356 g/mol. The molecule has 1 aromatic carbocycles. The number of nitrogens with one attached hydrogen (secondary N) is 1. The first kappa shape index (κ1) is 16.4. The fraction of sp³-hybridized carbons (Fsp3) is 0.389. The van der Waals surface area contributed by atoms with Crippen LogP contribution in [0.15, 0.2) is 24.3 Å². The lowest BCUT2D eigenvalue weighted by molar-refractivity contribution is -0.132. The van der Waals surface area contributed by atoms with E-state index in [1.165, 1.54) is 11.8 Å². The van der Waals surface area contributed by atoms with E-state index in [2.05, 4.69) is 5.32 Å². The van der Waals surface area contributed by atoms with Gasteiger partial charge in [0.05, 0.1) is 12.6 Å². The zero-order chi connectivity index (χ0) is 18.6. The van der Waals surface area contributed by atoms with Crippen molar-refractivity contribution in [3.8, 4) is 0 Å². The van der Waals surface area contributed by atoms with E-state index >= 15 is 0 Å². The molecule has 0 saturated carbocycles. The molecule has 2 aliphatic heterocycles. The van der Waals surface area contributed by atoms with Gasteiger partial charge >= 0.3 is 6.09 Å². The van der Waals surface area contributed by atoms with Crippen molar-refractivity contribution in [2.75, 3.05) is 11.9 Å². The second-order valence-electron chi connectivity index (χ2n) is 6.83. The summed E-state index contributed by atoms with van der Waals surface area (Å²) in [4.78, 5) is 38.8. The Morgan fingerprint density at radius 3 is 2.73 bits per heavy atom. The Kier molecular flexibility index (Phi) is 3.64. The number of nitrogens with zero attached hydrogens (tertiary/aromatic N) is 3. The average molecular weight is 356 g/mol. The number of anilines is 1. The quantitative estimate of drug-likeness (QED) is 0.882. The second-order valence-corrected chi connectivity index (χ2v) is 6.83. The van der Waals surface area contributed by atoms with Crippen LogP contribution >= 0.6 is 0 Å². The van der Waals surface area contributed by atoms with Crippen molar-refractivity contribution >= 4 is 34.5 Å². The van der Waals surface area contributed by atoms with Gasteiger partial charge in [0.15, 0.2) is 6.23 Å².